The van der Waals surface area contributed by atoms with Crippen LogP contribution in [0.4, 0.5) is 4.79 Å². The SMILES string of the molecule is Cc1ccccc1C1=NO[C@H](CN(Cc2ccccc2Cl)C(=O)NC(C)C)C1. The predicted octanol–water partition coefficient (Wildman–Crippen LogP) is 4.76. The first-order chi connectivity index (χ1) is 13.4. The maximum absolute atomic E-state index is 12.7. The number of nitrogens with zero attached hydrogens (tertiary/aromatic N) is 2. The van der Waals surface area contributed by atoms with Crippen molar-refractivity contribution in [1.29, 1.82) is 0 Å². The number of aryl methyl sites for hydroxylation is 1. The van der Waals surface area contributed by atoms with Gasteiger partial charge in [-0.15, -0.1) is 0 Å². The van der Waals surface area contributed by atoms with Gasteiger partial charge >= 0.3 is 6.03 Å². The number of benzene rings is 2. The van der Waals surface area contributed by atoms with Gasteiger partial charge in [0, 0.05) is 29.6 Å². The molecule has 2 aromatic rings. The Hall–Kier alpha value is -2.53. The topological polar surface area (TPSA) is 53.9 Å². The lowest BCUT2D eigenvalue weighted by molar-refractivity contribution is 0.0586. The number of carbonyl (C=O) groups excluding carboxylic acids is 1. The Bertz CT molecular complexity index is 866. The molecule has 0 fully saturated rings. The molecule has 0 aromatic heterocycles. The second-order valence-electron chi connectivity index (χ2n) is 7.36. The molecule has 1 heterocycles. The van der Waals surface area contributed by atoms with E-state index in [-0.39, 0.29) is 18.2 Å². The summed E-state index contributed by atoms with van der Waals surface area (Å²) in [6.45, 7) is 6.79. The molecular weight excluding hydrogens is 374 g/mol. The lowest BCUT2D eigenvalue weighted by Gasteiger charge is -2.26. The number of oxime groups is 1. The number of amides is 2. The van der Waals surface area contributed by atoms with Crippen LogP contribution in [0.5, 0.6) is 0 Å². The summed E-state index contributed by atoms with van der Waals surface area (Å²) in [7, 11) is 0. The van der Waals surface area contributed by atoms with Crippen LogP contribution in [0, 0.1) is 6.92 Å². The van der Waals surface area contributed by atoms with Crippen molar-refractivity contribution in [3.63, 3.8) is 0 Å². The Morgan fingerprint density at radius 1 is 1.25 bits per heavy atom. The number of hydrogen-bond donors (Lipinski definition) is 1. The molecule has 0 saturated carbocycles. The number of carbonyl (C=O) groups is 1. The van der Waals surface area contributed by atoms with Crippen molar-refractivity contribution < 1.29 is 9.63 Å². The van der Waals surface area contributed by atoms with E-state index in [4.69, 9.17) is 16.4 Å². The first-order valence-corrected chi connectivity index (χ1v) is 9.89. The minimum Gasteiger partial charge on any atom is -0.390 e. The van der Waals surface area contributed by atoms with E-state index in [0.29, 0.717) is 24.5 Å². The van der Waals surface area contributed by atoms with Crippen molar-refractivity contribution >= 4 is 23.3 Å². The molecule has 1 aliphatic heterocycles. The zero-order valence-electron chi connectivity index (χ0n) is 16.5. The highest BCUT2D eigenvalue weighted by Crippen LogP contribution is 2.22. The van der Waals surface area contributed by atoms with Crippen LogP contribution in [-0.4, -0.2) is 35.3 Å². The fraction of sp³-hybridized carbons (Fsp3) is 0.364. The fourth-order valence-electron chi connectivity index (χ4n) is 3.22. The number of urea groups is 1. The molecule has 0 spiro atoms. The molecule has 1 atom stereocenters. The highest BCUT2D eigenvalue weighted by Gasteiger charge is 2.28. The molecule has 148 valence electrons. The van der Waals surface area contributed by atoms with E-state index in [1.54, 1.807) is 4.90 Å². The van der Waals surface area contributed by atoms with Crippen molar-refractivity contribution in [3.8, 4) is 0 Å². The van der Waals surface area contributed by atoms with Crippen LogP contribution in [-0.2, 0) is 11.4 Å². The summed E-state index contributed by atoms with van der Waals surface area (Å²) in [5, 5.41) is 7.89. The average Bonchev–Trinajstić information content (AvgIpc) is 3.11. The Morgan fingerprint density at radius 3 is 2.68 bits per heavy atom. The quantitative estimate of drug-likeness (QED) is 0.761. The Labute approximate surface area is 171 Å². The zero-order valence-corrected chi connectivity index (χ0v) is 17.2. The minimum atomic E-state index is -0.185. The van der Waals surface area contributed by atoms with Crippen molar-refractivity contribution in [2.45, 2.75) is 45.9 Å². The largest absolute Gasteiger partial charge is 0.390 e. The van der Waals surface area contributed by atoms with Gasteiger partial charge in [0.05, 0.1) is 12.3 Å². The van der Waals surface area contributed by atoms with E-state index in [2.05, 4.69) is 23.5 Å². The number of nitrogens with one attached hydrogen (secondary N) is 1. The van der Waals surface area contributed by atoms with Crippen molar-refractivity contribution in [2.75, 3.05) is 6.54 Å². The maximum atomic E-state index is 12.7. The van der Waals surface area contributed by atoms with E-state index >= 15 is 0 Å². The third-order valence-corrected chi connectivity index (χ3v) is 5.00. The second kappa shape index (κ2) is 9.11. The third kappa shape index (κ3) is 5.04. The highest BCUT2D eigenvalue weighted by atomic mass is 35.5. The highest BCUT2D eigenvalue weighted by molar-refractivity contribution is 6.31. The summed E-state index contributed by atoms with van der Waals surface area (Å²) in [5.74, 6) is 0. The number of halogens is 1. The van der Waals surface area contributed by atoms with E-state index in [1.165, 1.54) is 0 Å². The van der Waals surface area contributed by atoms with E-state index in [0.717, 1.165) is 22.4 Å². The van der Waals surface area contributed by atoms with Crippen LogP contribution >= 0.6 is 11.6 Å². The van der Waals surface area contributed by atoms with E-state index in [9.17, 15) is 4.79 Å². The summed E-state index contributed by atoms with van der Waals surface area (Å²) in [6, 6.07) is 15.6. The Morgan fingerprint density at radius 2 is 1.96 bits per heavy atom. The maximum Gasteiger partial charge on any atom is 0.318 e. The van der Waals surface area contributed by atoms with Crippen LogP contribution in [0.15, 0.2) is 53.7 Å². The van der Waals surface area contributed by atoms with Crippen molar-refractivity contribution in [2.24, 2.45) is 5.16 Å². The van der Waals surface area contributed by atoms with E-state index < -0.39 is 0 Å². The summed E-state index contributed by atoms with van der Waals surface area (Å²) < 4.78 is 0. The van der Waals surface area contributed by atoms with Crippen molar-refractivity contribution in [3.05, 3.63) is 70.2 Å². The molecule has 3 rings (SSSR count). The summed E-state index contributed by atoms with van der Waals surface area (Å²) in [6.07, 6.45) is 0.480. The normalized spacial score (nSPS) is 15.9. The molecule has 1 aliphatic rings. The number of hydrogen-bond acceptors (Lipinski definition) is 3. The number of rotatable bonds is 6. The molecule has 6 heteroatoms. The summed E-state index contributed by atoms with van der Waals surface area (Å²) in [5.41, 5.74) is 4.08. The zero-order chi connectivity index (χ0) is 20.1. The smallest absolute Gasteiger partial charge is 0.318 e. The van der Waals surface area contributed by atoms with Crippen molar-refractivity contribution in [1.82, 2.24) is 10.2 Å². The first-order valence-electron chi connectivity index (χ1n) is 9.51. The van der Waals surface area contributed by atoms with Crippen LogP contribution < -0.4 is 5.32 Å². The van der Waals surface area contributed by atoms with Gasteiger partial charge in [-0.1, -0.05) is 59.2 Å². The molecule has 0 unspecified atom stereocenters. The van der Waals surface area contributed by atoms with Gasteiger partial charge < -0.3 is 15.1 Å². The fourth-order valence-corrected chi connectivity index (χ4v) is 3.41. The molecule has 2 aromatic carbocycles. The Kier molecular flexibility index (Phi) is 6.57. The second-order valence-corrected chi connectivity index (χ2v) is 7.77. The van der Waals surface area contributed by atoms with Gasteiger partial charge in [0.15, 0.2) is 6.10 Å². The van der Waals surface area contributed by atoms with Gasteiger partial charge in [0.2, 0.25) is 0 Å². The van der Waals surface area contributed by atoms with Crippen LogP contribution in [0.25, 0.3) is 0 Å². The Balaban J connectivity index is 1.71. The first kappa shape index (κ1) is 20.2. The monoisotopic (exact) mass is 399 g/mol. The van der Waals surface area contributed by atoms with Gasteiger partial charge in [-0.2, -0.15) is 0 Å². The molecule has 0 aliphatic carbocycles. The van der Waals surface area contributed by atoms with Crippen LogP contribution in [0.2, 0.25) is 5.02 Å². The molecule has 2 amide bonds. The van der Waals surface area contributed by atoms with Gasteiger partial charge in [0.25, 0.3) is 0 Å². The lowest BCUT2D eigenvalue weighted by atomic mass is 10.0. The van der Waals surface area contributed by atoms with E-state index in [1.807, 2.05) is 56.3 Å². The molecule has 0 radical (unpaired) electrons. The van der Waals surface area contributed by atoms with Gasteiger partial charge in [0.1, 0.15) is 0 Å². The van der Waals surface area contributed by atoms with Gasteiger partial charge in [-0.3, -0.25) is 0 Å². The minimum absolute atomic E-state index is 0.0459. The molecule has 0 saturated heterocycles. The molecular formula is C22H26ClN3O2. The lowest BCUT2D eigenvalue weighted by Crippen LogP contribution is -2.45. The molecule has 0 bridgehead atoms. The standard InChI is InChI=1S/C22H26ClN3O2/c1-15(2)24-22(27)26(13-17-9-5-7-11-20(17)23)14-18-12-21(25-28-18)19-10-6-4-8-16(19)3/h4-11,15,18H,12-14H2,1-3H3,(H,24,27)/t18-/m0/s1. The average molecular weight is 400 g/mol. The van der Waals surface area contributed by atoms with Gasteiger partial charge in [-0.25, -0.2) is 4.79 Å². The van der Waals surface area contributed by atoms with Gasteiger partial charge in [-0.05, 0) is 38.0 Å². The summed E-state index contributed by atoms with van der Waals surface area (Å²) in [4.78, 5) is 20.1. The predicted molar refractivity (Wildman–Crippen MR) is 113 cm³/mol. The molecule has 5 nitrogen and oxygen atoms in total. The van der Waals surface area contributed by atoms with Crippen LogP contribution in [0.3, 0.4) is 0 Å². The van der Waals surface area contributed by atoms with Crippen LogP contribution in [0.1, 0.15) is 37.0 Å². The molecule has 1 N–H and O–H groups in total. The summed E-state index contributed by atoms with van der Waals surface area (Å²) >= 11 is 6.30. The molecule has 28 heavy (non-hydrogen) atoms. The third-order valence-electron chi connectivity index (χ3n) is 4.63.